The molecule has 0 aliphatic carbocycles. The number of benzene rings is 1. The molecule has 0 saturated carbocycles. The molecule has 2 N–H and O–H groups in total. The third kappa shape index (κ3) is 2.62. The number of halogens is 1. The summed E-state index contributed by atoms with van der Waals surface area (Å²) < 4.78 is 0. The molecule has 0 spiro atoms. The Kier molecular flexibility index (Phi) is 3.46. The van der Waals surface area contributed by atoms with Gasteiger partial charge in [-0.3, -0.25) is 4.84 Å². The van der Waals surface area contributed by atoms with E-state index in [1.807, 2.05) is 23.3 Å². The van der Waals surface area contributed by atoms with Crippen LogP contribution in [0.3, 0.4) is 0 Å². The number of anilines is 1. The lowest BCUT2D eigenvalue weighted by atomic mass is 10.1. The maximum atomic E-state index is 6.09. The summed E-state index contributed by atoms with van der Waals surface area (Å²) in [5, 5.41) is 2.64. The average Bonchev–Trinajstić information content (AvgIpc) is 2.25. The zero-order valence-corrected chi connectivity index (χ0v) is 9.33. The van der Waals surface area contributed by atoms with Crippen molar-refractivity contribution in [2.24, 2.45) is 0 Å². The lowest BCUT2D eigenvalue weighted by Gasteiger charge is -2.26. The monoisotopic (exact) mass is 226 g/mol. The summed E-state index contributed by atoms with van der Waals surface area (Å²) in [7, 11) is 0. The molecule has 1 saturated heterocycles. The van der Waals surface area contributed by atoms with Gasteiger partial charge >= 0.3 is 0 Å². The van der Waals surface area contributed by atoms with Gasteiger partial charge in [-0.2, -0.15) is 5.06 Å². The summed E-state index contributed by atoms with van der Waals surface area (Å²) >= 11 is 6.09. The lowest BCUT2D eigenvalue weighted by Crippen LogP contribution is -2.29. The molecule has 1 aromatic carbocycles. The van der Waals surface area contributed by atoms with Crippen LogP contribution in [0.5, 0.6) is 0 Å². The fourth-order valence-corrected chi connectivity index (χ4v) is 1.93. The van der Waals surface area contributed by atoms with Crippen LogP contribution in [0, 0.1) is 0 Å². The van der Waals surface area contributed by atoms with Crippen molar-refractivity contribution in [1.82, 2.24) is 5.06 Å². The second-order valence-corrected chi connectivity index (χ2v) is 4.12. The van der Waals surface area contributed by atoms with Crippen LogP contribution >= 0.6 is 11.6 Å². The van der Waals surface area contributed by atoms with E-state index in [-0.39, 0.29) is 0 Å². The molecule has 0 radical (unpaired) electrons. The van der Waals surface area contributed by atoms with Crippen molar-refractivity contribution in [2.45, 2.75) is 19.4 Å². The van der Waals surface area contributed by atoms with Gasteiger partial charge in [0.15, 0.2) is 0 Å². The van der Waals surface area contributed by atoms with Crippen molar-refractivity contribution in [1.29, 1.82) is 0 Å². The Morgan fingerprint density at radius 1 is 1.40 bits per heavy atom. The molecule has 15 heavy (non-hydrogen) atoms. The van der Waals surface area contributed by atoms with E-state index >= 15 is 0 Å². The van der Waals surface area contributed by atoms with E-state index in [0.29, 0.717) is 11.6 Å². The zero-order valence-electron chi connectivity index (χ0n) is 8.58. The van der Waals surface area contributed by atoms with Gasteiger partial charge in [0.2, 0.25) is 0 Å². The molecule has 1 aliphatic rings. The fraction of sp³-hybridized carbons (Fsp3) is 0.455. The van der Waals surface area contributed by atoms with Crippen LogP contribution in [0.2, 0.25) is 5.02 Å². The van der Waals surface area contributed by atoms with Gasteiger partial charge in [0.25, 0.3) is 0 Å². The van der Waals surface area contributed by atoms with Crippen LogP contribution in [0.4, 0.5) is 5.69 Å². The molecule has 1 fully saturated rings. The molecule has 4 heteroatoms. The number of nitrogens with two attached hydrogens (primary N) is 1. The minimum Gasteiger partial charge on any atom is -0.398 e. The van der Waals surface area contributed by atoms with Gasteiger partial charge in [0.1, 0.15) is 0 Å². The summed E-state index contributed by atoms with van der Waals surface area (Å²) in [4.78, 5) is 5.51. The van der Waals surface area contributed by atoms with Crippen molar-refractivity contribution in [3.8, 4) is 0 Å². The predicted molar refractivity (Wildman–Crippen MR) is 61.5 cm³/mol. The normalized spacial score (nSPS) is 17.9. The van der Waals surface area contributed by atoms with Crippen LogP contribution in [-0.4, -0.2) is 18.2 Å². The summed E-state index contributed by atoms with van der Waals surface area (Å²) in [6.07, 6.45) is 2.30. The van der Waals surface area contributed by atoms with Crippen molar-refractivity contribution in [3.05, 3.63) is 28.8 Å². The minimum absolute atomic E-state index is 0.672. The minimum atomic E-state index is 0.672. The molecule has 2 rings (SSSR count). The highest BCUT2D eigenvalue weighted by Gasteiger charge is 2.14. The first-order valence-corrected chi connectivity index (χ1v) is 5.56. The number of hydrogen-bond acceptors (Lipinski definition) is 3. The third-order valence-corrected chi connectivity index (χ3v) is 2.92. The summed E-state index contributed by atoms with van der Waals surface area (Å²) in [5.41, 5.74) is 7.56. The topological polar surface area (TPSA) is 38.5 Å². The molecule has 1 aliphatic heterocycles. The van der Waals surface area contributed by atoms with Crippen molar-refractivity contribution in [2.75, 3.05) is 18.9 Å². The van der Waals surface area contributed by atoms with Crippen LogP contribution in [0.15, 0.2) is 18.2 Å². The SMILES string of the molecule is Nc1cccc(Cl)c1CN1CCCCO1. The molecule has 3 nitrogen and oxygen atoms in total. The second kappa shape index (κ2) is 4.84. The highest BCUT2D eigenvalue weighted by molar-refractivity contribution is 6.31. The molecule has 1 aromatic rings. The number of rotatable bonds is 2. The van der Waals surface area contributed by atoms with E-state index in [1.54, 1.807) is 0 Å². The molecule has 82 valence electrons. The molecule has 0 aromatic heterocycles. The Labute approximate surface area is 94.7 Å². The van der Waals surface area contributed by atoms with Crippen molar-refractivity contribution in [3.63, 3.8) is 0 Å². The van der Waals surface area contributed by atoms with E-state index < -0.39 is 0 Å². The Morgan fingerprint density at radius 2 is 2.27 bits per heavy atom. The highest BCUT2D eigenvalue weighted by atomic mass is 35.5. The summed E-state index contributed by atoms with van der Waals surface area (Å²) in [5.74, 6) is 0. The molecule has 0 atom stereocenters. The van der Waals surface area contributed by atoms with Crippen molar-refractivity contribution < 1.29 is 4.84 Å². The smallest absolute Gasteiger partial charge is 0.0685 e. The van der Waals surface area contributed by atoms with Gasteiger partial charge in [-0.15, -0.1) is 0 Å². The van der Waals surface area contributed by atoms with Crippen molar-refractivity contribution >= 4 is 17.3 Å². The maximum absolute atomic E-state index is 6.09. The van der Waals surface area contributed by atoms with Crippen LogP contribution in [-0.2, 0) is 11.4 Å². The number of nitrogens with zero attached hydrogens (tertiary/aromatic N) is 1. The fourth-order valence-electron chi connectivity index (χ4n) is 1.69. The average molecular weight is 227 g/mol. The quantitative estimate of drug-likeness (QED) is 0.788. The van der Waals surface area contributed by atoms with Crippen LogP contribution in [0.1, 0.15) is 18.4 Å². The van der Waals surface area contributed by atoms with Crippen LogP contribution < -0.4 is 5.73 Å². The Morgan fingerprint density at radius 3 is 2.93 bits per heavy atom. The number of nitrogen functional groups attached to an aromatic ring is 1. The molecular weight excluding hydrogens is 212 g/mol. The predicted octanol–water partition coefficient (Wildman–Crippen LogP) is 2.45. The largest absolute Gasteiger partial charge is 0.398 e. The van der Waals surface area contributed by atoms with Gasteiger partial charge in [-0.25, -0.2) is 0 Å². The maximum Gasteiger partial charge on any atom is 0.0685 e. The van der Waals surface area contributed by atoms with Gasteiger partial charge in [-0.05, 0) is 25.0 Å². The lowest BCUT2D eigenvalue weighted by molar-refractivity contribution is -0.187. The van der Waals surface area contributed by atoms with Gasteiger partial charge in [0, 0.05) is 22.8 Å². The van der Waals surface area contributed by atoms with E-state index in [9.17, 15) is 0 Å². The molecular formula is C11H15ClN2O. The third-order valence-electron chi connectivity index (χ3n) is 2.57. The number of hydroxylamine groups is 2. The zero-order chi connectivity index (χ0) is 10.7. The summed E-state index contributed by atoms with van der Waals surface area (Å²) in [6, 6.07) is 5.58. The van der Waals surface area contributed by atoms with E-state index in [4.69, 9.17) is 22.2 Å². The molecule has 0 bridgehead atoms. The Hall–Kier alpha value is -0.770. The molecule has 1 heterocycles. The molecule has 0 unspecified atom stereocenters. The van der Waals surface area contributed by atoms with E-state index in [0.717, 1.165) is 30.8 Å². The van der Waals surface area contributed by atoms with Gasteiger partial charge < -0.3 is 5.73 Å². The van der Waals surface area contributed by atoms with Gasteiger partial charge in [0.05, 0.1) is 13.2 Å². The standard InChI is InChI=1S/C11H15ClN2O/c12-10-4-3-5-11(13)9(10)8-14-6-1-2-7-15-14/h3-5H,1-2,6-8,13H2. The first-order valence-electron chi connectivity index (χ1n) is 5.18. The van der Waals surface area contributed by atoms with Gasteiger partial charge in [-0.1, -0.05) is 17.7 Å². The van der Waals surface area contributed by atoms with Crippen LogP contribution in [0.25, 0.3) is 0 Å². The Balaban J connectivity index is 2.09. The highest BCUT2D eigenvalue weighted by Crippen LogP contribution is 2.24. The summed E-state index contributed by atoms with van der Waals surface area (Å²) in [6.45, 7) is 2.42. The molecule has 0 amide bonds. The van der Waals surface area contributed by atoms with E-state index in [1.165, 1.54) is 6.42 Å². The Bertz CT molecular complexity index is 317. The first-order chi connectivity index (χ1) is 7.27. The van der Waals surface area contributed by atoms with E-state index in [2.05, 4.69) is 0 Å². The second-order valence-electron chi connectivity index (χ2n) is 3.71. The number of hydrogen-bond donors (Lipinski definition) is 1. The first kappa shape index (κ1) is 10.7.